The van der Waals surface area contributed by atoms with Crippen LogP contribution in [0.4, 0.5) is 0 Å². The molecule has 0 unspecified atom stereocenters. The third-order valence-electron chi connectivity index (χ3n) is 5.66. The maximum Gasteiger partial charge on any atom is 0.147 e. The predicted octanol–water partition coefficient (Wildman–Crippen LogP) is 6.06. The van der Waals surface area contributed by atoms with Crippen molar-refractivity contribution >= 4 is 17.8 Å². The fourth-order valence-corrected chi connectivity index (χ4v) is 6.49. The second-order valence-corrected chi connectivity index (χ2v) is 9.85. The Kier molecular flexibility index (Phi) is 8.95. The van der Waals surface area contributed by atoms with Crippen molar-refractivity contribution in [1.29, 1.82) is 0 Å². The molecule has 1 radical (unpaired) electrons. The molecule has 0 bridgehead atoms. The van der Waals surface area contributed by atoms with Crippen LogP contribution in [0.25, 0.3) is 0 Å². The van der Waals surface area contributed by atoms with Gasteiger partial charge in [0.25, 0.3) is 0 Å². The van der Waals surface area contributed by atoms with Gasteiger partial charge in [-0.15, -0.1) is 22.3 Å². The molecule has 0 aromatic heterocycles. The summed E-state index contributed by atoms with van der Waals surface area (Å²) in [5.74, 6) is 0. The van der Waals surface area contributed by atoms with Gasteiger partial charge >= 0.3 is 0 Å². The summed E-state index contributed by atoms with van der Waals surface area (Å²) in [6.07, 6.45) is 0.542. The Balaban J connectivity index is 0.00000196. The van der Waals surface area contributed by atoms with E-state index in [-0.39, 0.29) is 40.1 Å². The molecule has 3 aromatic rings. The second-order valence-electron chi connectivity index (χ2n) is 7.03. The zero-order valence-corrected chi connectivity index (χ0v) is 21.4. The van der Waals surface area contributed by atoms with E-state index in [1.54, 1.807) is 0 Å². The van der Waals surface area contributed by atoms with Crippen LogP contribution in [0.15, 0.2) is 60.7 Å². The summed E-state index contributed by atoms with van der Waals surface area (Å²) < 4.78 is 14.4. The summed E-state index contributed by atoms with van der Waals surface area (Å²) in [5.41, 5.74) is 7.13. The topological polar surface area (TPSA) is 17.1 Å². The van der Waals surface area contributed by atoms with Gasteiger partial charge in [0.15, 0.2) is 0 Å². The van der Waals surface area contributed by atoms with Crippen LogP contribution in [0.3, 0.4) is 0 Å². The summed E-state index contributed by atoms with van der Waals surface area (Å²) in [7, 11) is -2.78. The summed E-state index contributed by atoms with van der Waals surface area (Å²) >= 11 is 0. The molecule has 3 rings (SSSR count). The third-order valence-corrected chi connectivity index (χ3v) is 8.69. The maximum absolute atomic E-state index is 14.4. The second kappa shape index (κ2) is 10.1. The number of rotatable bonds is 4. The van der Waals surface area contributed by atoms with E-state index in [1.807, 2.05) is 60.7 Å². The Bertz CT molecular complexity index is 906. The quantitative estimate of drug-likeness (QED) is 0.338. The van der Waals surface area contributed by atoms with Gasteiger partial charge in [-0.3, -0.25) is 0 Å². The molecule has 0 aliphatic heterocycles. The molecule has 1 nitrogen and oxygen atoms in total. The molecule has 0 aliphatic rings. The van der Waals surface area contributed by atoms with Gasteiger partial charge in [-0.05, 0) is 0 Å². The summed E-state index contributed by atoms with van der Waals surface area (Å²) in [6.45, 7) is 12.7. The van der Waals surface area contributed by atoms with Crippen LogP contribution < -0.4 is 10.6 Å². The van der Waals surface area contributed by atoms with Gasteiger partial charge in [0.2, 0.25) is 0 Å². The normalized spacial score (nSPS) is 10.7. The summed E-state index contributed by atoms with van der Waals surface area (Å²) in [6, 6.07) is 19.8. The van der Waals surface area contributed by atoms with Crippen molar-refractivity contribution in [1.82, 2.24) is 0 Å². The van der Waals surface area contributed by atoms with Crippen molar-refractivity contribution in [3.8, 4) is 0 Å². The van der Waals surface area contributed by atoms with E-state index < -0.39 is 7.14 Å². The number of benzene rings is 3. The molecular formula is C25H29OPY-2. The van der Waals surface area contributed by atoms with Gasteiger partial charge < -0.3 is 12.0 Å². The minimum Gasteiger partial charge on any atom is -0.358 e. The zero-order valence-electron chi connectivity index (χ0n) is 17.6. The van der Waals surface area contributed by atoms with Crippen LogP contribution in [0.1, 0.15) is 33.4 Å². The van der Waals surface area contributed by atoms with E-state index in [0.717, 1.165) is 16.2 Å². The molecule has 0 fully saturated rings. The Labute approximate surface area is 196 Å². The van der Waals surface area contributed by atoms with Crippen LogP contribution in [0.5, 0.6) is 0 Å². The van der Waals surface area contributed by atoms with Crippen LogP contribution >= 0.6 is 7.14 Å². The monoisotopic (exact) mass is 465 g/mol. The fraction of sp³-hybridized carbons (Fsp3) is 0.200. The van der Waals surface area contributed by atoms with Gasteiger partial charge in [-0.25, -0.2) is 0 Å². The summed E-state index contributed by atoms with van der Waals surface area (Å²) in [5, 5.41) is 1.83. The molecule has 145 valence electrons. The molecule has 0 N–H and O–H groups in total. The van der Waals surface area contributed by atoms with E-state index in [9.17, 15) is 4.57 Å². The Hall–Kier alpha value is -1.14. The minimum absolute atomic E-state index is 0. The Morgan fingerprint density at radius 1 is 0.714 bits per heavy atom. The molecule has 0 amide bonds. The van der Waals surface area contributed by atoms with E-state index in [4.69, 9.17) is 0 Å². The molecule has 0 spiro atoms. The van der Waals surface area contributed by atoms with Crippen molar-refractivity contribution in [2.45, 2.75) is 33.9 Å². The van der Waals surface area contributed by atoms with E-state index in [0.29, 0.717) is 6.16 Å². The molecule has 0 atom stereocenters. The number of hydrogen-bond donors (Lipinski definition) is 0. The maximum atomic E-state index is 14.4. The first kappa shape index (κ1) is 24.9. The average molecular weight is 465 g/mol. The van der Waals surface area contributed by atoms with Crippen molar-refractivity contribution in [3.05, 3.63) is 108 Å². The molecule has 0 saturated carbocycles. The van der Waals surface area contributed by atoms with Crippen LogP contribution in [-0.2, 0) is 43.4 Å². The van der Waals surface area contributed by atoms with Gasteiger partial charge in [0.1, 0.15) is 7.14 Å². The Morgan fingerprint density at radius 2 is 1.07 bits per heavy atom. The van der Waals surface area contributed by atoms with Crippen molar-refractivity contribution in [2.24, 2.45) is 0 Å². The minimum atomic E-state index is -2.78. The first-order chi connectivity index (χ1) is 12.4. The molecular weight excluding hydrogens is 436 g/mol. The van der Waals surface area contributed by atoms with Crippen LogP contribution in [0, 0.1) is 42.0 Å². The largest absolute Gasteiger partial charge is 0.358 e. The van der Waals surface area contributed by atoms with Crippen molar-refractivity contribution < 1.29 is 37.3 Å². The first-order valence-electron chi connectivity index (χ1n) is 8.97. The van der Waals surface area contributed by atoms with Crippen molar-refractivity contribution in [3.63, 3.8) is 0 Å². The van der Waals surface area contributed by atoms with Crippen molar-refractivity contribution in [2.75, 3.05) is 0 Å². The molecule has 0 heterocycles. The fourth-order valence-electron chi connectivity index (χ4n) is 3.60. The Morgan fingerprint density at radius 3 is 1.43 bits per heavy atom. The summed E-state index contributed by atoms with van der Waals surface area (Å²) in [4.78, 5) is 0. The van der Waals surface area contributed by atoms with Gasteiger partial charge in [-0.1, -0.05) is 93.9 Å². The first-order valence-corrected chi connectivity index (χ1v) is 10.9. The van der Waals surface area contributed by atoms with Crippen LogP contribution in [0.2, 0.25) is 0 Å². The third kappa shape index (κ3) is 4.54. The van der Waals surface area contributed by atoms with Crippen LogP contribution in [-0.4, -0.2) is 0 Å². The zero-order chi connectivity index (χ0) is 18.9. The molecule has 28 heavy (non-hydrogen) atoms. The van der Waals surface area contributed by atoms with Gasteiger partial charge in [0, 0.05) is 49.5 Å². The molecule has 3 aromatic carbocycles. The SMILES string of the molecule is [CH2-]c1c(C)c(C)c(CP(=O)(c2ccccc2)c2ccccc2)c(C)c1C.[CH3-].[Y]. The number of hydrogen-bond acceptors (Lipinski definition) is 1. The van der Waals surface area contributed by atoms with E-state index in [1.165, 1.54) is 27.8 Å². The predicted molar refractivity (Wildman–Crippen MR) is 120 cm³/mol. The average Bonchev–Trinajstić information content (AvgIpc) is 2.69. The standard InChI is InChI=1S/C24H26OP.CH3.Y/c1-17-18(2)20(4)24(21(5)19(17)3)16-26(25,22-12-8-6-9-13-22)23-14-10-7-11-15-23;;/h6-15H,1,16H2,2-5H3;1H3;/q2*-1;. The smallest absolute Gasteiger partial charge is 0.147 e. The van der Waals surface area contributed by atoms with Gasteiger partial charge in [-0.2, -0.15) is 12.5 Å². The molecule has 0 saturated heterocycles. The van der Waals surface area contributed by atoms with Gasteiger partial charge in [0.05, 0.1) is 0 Å². The molecule has 0 aliphatic carbocycles. The molecule has 3 heteroatoms. The van der Waals surface area contributed by atoms with E-state index in [2.05, 4.69) is 34.6 Å². The van der Waals surface area contributed by atoms with E-state index >= 15 is 0 Å².